The molecule has 1 N–H and O–H groups in total. The second-order valence-electron chi connectivity index (χ2n) is 10.6. The highest BCUT2D eigenvalue weighted by atomic mass is 16.5. The van der Waals surface area contributed by atoms with E-state index in [2.05, 4.69) is 27.7 Å². The number of ether oxygens (including phenoxy) is 1. The predicted molar refractivity (Wildman–Crippen MR) is 133 cm³/mol. The smallest absolute Gasteiger partial charge is 0.309 e. The third-order valence-corrected chi connectivity index (χ3v) is 7.31. The molecule has 0 bridgehead atoms. The van der Waals surface area contributed by atoms with Crippen molar-refractivity contribution in [1.29, 1.82) is 0 Å². The molecule has 0 saturated heterocycles. The lowest BCUT2D eigenvalue weighted by molar-refractivity contribution is -0.160. The zero-order valence-corrected chi connectivity index (χ0v) is 21.6. The zero-order valence-electron chi connectivity index (χ0n) is 21.6. The topological polar surface area (TPSA) is 63.6 Å². The van der Waals surface area contributed by atoms with Crippen LogP contribution >= 0.6 is 0 Å². The molecule has 2 atom stereocenters. The number of hydrogen-bond donors (Lipinski definition) is 1. The van der Waals surface area contributed by atoms with Gasteiger partial charge in [-0.2, -0.15) is 0 Å². The Kier molecular flexibility index (Phi) is 15.8. The lowest BCUT2D eigenvalue weighted by atomic mass is 9.82. The first kappa shape index (κ1) is 29.0. The first-order valence-corrected chi connectivity index (χ1v) is 13.8. The van der Waals surface area contributed by atoms with E-state index in [0.29, 0.717) is 31.6 Å². The number of carboxylic acids is 1. The number of unbranched alkanes of at least 4 members (excludes halogenated alkanes) is 6. The van der Waals surface area contributed by atoms with Crippen molar-refractivity contribution in [2.75, 3.05) is 0 Å². The van der Waals surface area contributed by atoms with Gasteiger partial charge in [0.25, 0.3) is 0 Å². The van der Waals surface area contributed by atoms with Crippen LogP contribution in [0.2, 0.25) is 0 Å². The van der Waals surface area contributed by atoms with E-state index < -0.39 is 5.97 Å². The SMILES string of the molecule is CCCCCC(CCC)C(CCCCCCCC(C)C)OC(=O)C1CCC(C(=O)O)CC1. The van der Waals surface area contributed by atoms with E-state index in [9.17, 15) is 14.7 Å². The van der Waals surface area contributed by atoms with Gasteiger partial charge < -0.3 is 9.84 Å². The fraction of sp³-hybridized carbons (Fsp3) is 0.929. The summed E-state index contributed by atoms with van der Waals surface area (Å²) in [6, 6.07) is 0. The van der Waals surface area contributed by atoms with Crippen LogP contribution in [-0.4, -0.2) is 23.1 Å². The summed E-state index contributed by atoms with van der Waals surface area (Å²) in [6.45, 7) is 9.05. The molecule has 4 nitrogen and oxygen atoms in total. The Morgan fingerprint density at radius 3 is 1.88 bits per heavy atom. The molecule has 4 heteroatoms. The van der Waals surface area contributed by atoms with E-state index >= 15 is 0 Å². The molecule has 32 heavy (non-hydrogen) atoms. The number of carbonyl (C=O) groups excluding carboxylic acids is 1. The van der Waals surface area contributed by atoms with Gasteiger partial charge in [-0.05, 0) is 63.2 Å². The van der Waals surface area contributed by atoms with Crippen molar-refractivity contribution in [3.05, 3.63) is 0 Å². The summed E-state index contributed by atoms with van der Waals surface area (Å²) < 4.78 is 6.20. The Balaban J connectivity index is 2.59. The molecular weight excluding hydrogens is 400 g/mol. The first-order chi connectivity index (χ1) is 15.4. The fourth-order valence-electron chi connectivity index (χ4n) is 5.18. The molecule has 1 aliphatic rings. The maximum absolute atomic E-state index is 13.0. The molecule has 0 aliphatic heterocycles. The maximum Gasteiger partial charge on any atom is 0.309 e. The largest absolute Gasteiger partial charge is 0.481 e. The highest BCUT2D eigenvalue weighted by molar-refractivity contribution is 5.74. The van der Waals surface area contributed by atoms with Crippen molar-refractivity contribution in [3.8, 4) is 0 Å². The second kappa shape index (κ2) is 17.4. The quantitative estimate of drug-likeness (QED) is 0.168. The molecule has 1 fully saturated rings. The summed E-state index contributed by atoms with van der Waals surface area (Å²) in [6.07, 6.45) is 18.2. The van der Waals surface area contributed by atoms with Gasteiger partial charge in [-0.15, -0.1) is 0 Å². The van der Waals surface area contributed by atoms with Crippen molar-refractivity contribution in [1.82, 2.24) is 0 Å². The number of carbonyl (C=O) groups is 2. The van der Waals surface area contributed by atoms with Crippen molar-refractivity contribution in [2.45, 2.75) is 143 Å². The van der Waals surface area contributed by atoms with Gasteiger partial charge in [0.15, 0.2) is 0 Å². The molecule has 0 spiro atoms. The minimum absolute atomic E-state index is 0.0344. The summed E-state index contributed by atoms with van der Waals surface area (Å²) in [5, 5.41) is 9.23. The summed E-state index contributed by atoms with van der Waals surface area (Å²) >= 11 is 0. The van der Waals surface area contributed by atoms with Crippen LogP contribution in [0.1, 0.15) is 137 Å². The molecule has 0 amide bonds. The third-order valence-electron chi connectivity index (χ3n) is 7.31. The van der Waals surface area contributed by atoms with Crippen molar-refractivity contribution in [3.63, 3.8) is 0 Å². The van der Waals surface area contributed by atoms with E-state index in [4.69, 9.17) is 4.74 Å². The lowest BCUT2D eigenvalue weighted by Crippen LogP contribution is -2.33. The van der Waals surface area contributed by atoms with Crippen LogP contribution < -0.4 is 0 Å². The second-order valence-corrected chi connectivity index (χ2v) is 10.6. The van der Waals surface area contributed by atoms with Crippen molar-refractivity contribution < 1.29 is 19.4 Å². The number of rotatable bonds is 18. The average molecular weight is 453 g/mol. The van der Waals surface area contributed by atoms with Gasteiger partial charge in [0.05, 0.1) is 11.8 Å². The van der Waals surface area contributed by atoms with Gasteiger partial charge in [-0.25, -0.2) is 0 Å². The Labute approximate surface area is 198 Å². The molecule has 1 aliphatic carbocycles. The highest BCUT2D eigenvalue weighted by Crippen LogP contribution is 2.32. The van der Waals surface area contributed by atoms with Crippen LogP contribution in [-0.2, 0) is 14.3 Å². The highest BCUT2D eigenvalue weighted by Gasteiger charge is 2.33. The molecule has 0 heterocycles. The third kappa shape index (κ3) is 12.3. The van der Waals surface area contributed by atoms with Crippen LogP contribution in [0.15, 0.2) is 0 Å². The summed E-state index contributed by atoms with van der Waals surface area (Å²) in [7, 11) is 0. The van der Waals surface area contributed by atoms with Gasteiger partial charge in [0, 0.05) is 0 Å². The molecule has 0 aromatic carbocycles. The molecule has 0 radical (unpaired) electrons. The average Bonchev–Trinajstić information content (AvgIpc) is 2.77. The minimum Gasteiger partial charge on any atom is -0.481 e. The number of aliphatic carboxylic acids is 1. The number of hydrogen-bond acceptors (Lipinski definition) is 3. The van der Waals surface area contributed by atoms with Gasteiger partial charge in [0.1, 0.15) is 6.10 Å². The number of carboxylic acid groups (broad SMARTS) is 1. The van der Waals surface area contributed by atoms with Crippen molar-refractivity contribution >= 4 is 11.9 Å². The van der Waals surface area contributed by atoms with E-state index in [0.717, 1.165) is 38.0 Å². The Morgan fingerprint density at radius 2 is 1.31 bits per heavy atom. The standard InChI is InChI=1S/C28H52O4/c1-5-7-11-16-23(14-6-2)26(17-13-10-8-9-12-15-22(3)4)32-28(31)25-20-18-24(19-21-25)27(29)30/h22-26H,5-21H2,1-4H3,(H,29,30). The molecule has 1 saturated carbocycles. The Hall–Kier alpha value is -1.06. The van der Waals surface area contributed by atoms with Crippen LogP contribution in [0, 0.1) is 23.7 Å². The summed E-state index contributed by atoms with van der Waals surface area (Å²) in [5.74, 6) is 0.0814. The molecule has 0 aromatic rings. The number of esters is 1. The van der Waals surface area contributed by atoms with E-state index in [-0.39, 0.29) is 23.9 Å². The van der Waals surface area contributed by atoms with Crippen molar-refractivity contribution in [2.24, 2.45) is 23.7 Å². The van der Waals surface area contributed by atoms with E-state index in [1.54, 1.807) is 0 Å². The Bertz CT molecular complexity index is 494. The molecule has 188 valence electrons. The molecule has 1 rings (SSSR count). The van der Waals surface area contributed by atoms with Crippen LogP contribution in [0.4, 0.5) is 0 Å². The van der Waals surface area contributed by atoms with Gasteiger partial charge in [-0.3, -0.25) is 9.59 Å². The first-order valence-electron chi connectivity index (χ1n) is 13.8. The summed E-state index contributed by atoms with van der Waals surface area (Å²) in [4.78, 5) is 24.2. The zero-order chi connectivity index (χ0) is 23.8. The van der Waals surface area contributed by atoms with Crippen LogP contribution in [0.3, 0.4) is 0 Å². The molecule has 2 unspecified atom stereocenters. The maximum atomic E-state index is 13.0. The summed E-state index contributed by atoms with van der Waals surface area (Å²) in [5.41, 5.74) is 0. The Morgan fingerprint density at radius 1 is 0.750 bits per heavy atom. The van der Waals surface area contributed by atoms with Gasteiger partial charge in [-0.1, -0.05) is 85.5 Å². The minimum atomic E-state index is -0.720. The molecular formula is C28H52O4. The normalized spacial score (nSPS) is 20.8. The lowest BCUT2D eigenvalue weighted by Gasteiger charge is -2.31. The van der Waals surface area contributed by atoms with Gasteiger partial charge in [0.2, 0.25) is 0 Å². The monoisotopic (exact) mass is 452 g/mol. The van der Waals surface area contributed by atoms with Crippen LogP contribution in [0.5, 0.6) is 0 Å². The van der Waals surface area contributed by atoms with E-state index in [1.807, 2.05) is 0 Å². The van der Waals surface area contributed by atoms with Gasteiger partial charge >= 0.3 is 11.9 Å². The van der Waals surface area contributed by atoms with E-state index in [1.165, 1.54) is 51.4 Å². The van der Waals surface area contributed by atoms with Crippen LogP contribution in [0.25, 0.3) is 0 Å². The molecule has 0 aromatic heterocycles. The predicted octanol–water partition coefficient (Wildman–Crippen LogP) is 8.17. The fourth-order valence-corrected chi connectivity index (χ4v) is 5.18.